The van der Waals surface area contributed by atoms with Crippen molar-refractivity contribution in [3.63, 3.8) is 0 Å². The summed E-state index contributed by atoms with van der Waals surface area (Å²) in [7, 11) is 1.61. The van der Waals surface area contributed by atoms with Crippen molar-refractivity contribution in [3.8, 4) is 0 Å². The van der Waals surface area contributed by atoms with E-state index in [1.54, 1.807) is 19.2 Å². The molecular weight excluding hydrogens is 209 g/mol. The summed E-state index contributed by atoms with van der Waals surface area (Å²) < 4.78 is 18.5. The van der Waals surface area contributed by atoms with Gasteiger partial charge in [0.15, 0.2) is 0 Å². The quantitative estimate of drug-likeness (QED) is 0.800. The first-order valence-electron chi connectivity index (χ1n) is 4.95. The van der Waals surface area contributed by atoms with Gasteiger partial charge in [0.1, 0.15) is 18.0 Å². The lowest BCUT2D eigenvalue weighted by molar-refractivity contribution is 0.210. The van der Waals surface area contributed by atoms with Gasteiger partial charge in [0.2, 0.25) is 0 Å². The van der Waals surface area contributed by atoms with E-state index in [0.717, 1.165) is 0 Å². The Morgan fingerprint density at radius 3 is 3.06 bits per heavy atom. The smallest absolute Gasteiger partial charge is 0.140 e. The van der Waals surface area contributed by atoms with Gasteiger partial charge in [-0.05, 0) is 12.1 Å². The molecule has 1 N–H and O–H groups in total. The minimum Gasteiger partial charge on any atom is -0.383 e. The van der Waals surface area contributed by atoms with E-state index in [-0.39, 0.29) is 5.82 Å². The zero-order chi connectivity index (χ0) is 11.4. The van der Waals surface area contributed by atoms with Crippen LogP contribution in [0.2, 0.25) is 0 Å². The summed E-state index contributed by atoms with van der Waals surface area (Å²) in [5.41, 5.74) is 0.593. The van der Waals surface area contributed by atoms with E-state index in [9.17, 15) is 4.39 Å². The number of nitrogens with one attached hydrogen (secondary N) is 1. The summed E-state index contributed by atoms with van der Waals surface area (Å²) in [5.74, 6) is 0.179. The van der Waals surface area contributed by atoms with E-state index >= 15 is 0 Å². The Morgan fingerprint density at radius 1 is 1.38 bits per heavy atom. The van der Waals surface area contributed by atoms with Gasteiger partial charge in [-0.15, -0.1) is 0 Å². The third-order valence-corrected chi connectivity index (χ3v) is 2.21. The SMILES string of the molecule is COCCNc1ncnc2cccc(F)c12. The number of fused-ring (bicyclic) bond motifs is 1. The second-order valence-electron chi connectivity index (χ2n) is 3.28. The van der Waals surface area contributed by atoms with Crippen LogP contribution in [-0.2, 0) is 4.74 Å². The maximum absolute atomic E-state index is 13.6. The molecule has 84 valence electrons. The molecule has 0 radical (unpaired) electrons. The van der Waals surface area contributed by atoms with Crippen LogP contribution in [0.5, 0.6) is 0 Å². The van der Waals surface area contributed by atoms with Gasteiger partial charge in [-0.1, -0.05) is 6.07 Å². The van der Waals surface area contributed by atoms with Gasteiger partial charge in [0, 0.05) is 13.7 Å². The number of hydrogen-bond acceptors (Lipinski definition) is 4. The number of methoxy groups -OCH3 is 1. The topological polar surface area (TPSA) is 47.0 Å². The Hall–Kier alpha value is -1.75. The summed E-state index contributed by atoms with van der Waals surface area (Å²) in [6, 6.07) is 4.78. The van der Waals surface area contributed by atoms with E-state index in [0.29, 0.717) is 29.9 Å². The largest absolute Gasteiger partial charge is 0.383 e. The molecule has 0 unspecified atom stereocenters. The molecule has 0 amide bonds. The molecule has 5 heteroatoms. The van der Waals surface area contributed by atoms with Crippen molar-refractivity contribution in [1.82, 2.24) is 9.97 Å². The molecule has 0 saturated carbocycles. The van der Waals surface area contributed by atoms with Crippen LogP contribution in [0.1, 0.15) is 0 Å². The van der Waals surface area contributed by atoms with Gasteiger partial charge in [0.25, 0.3) is 0 Å². The van der Waals surface area contributed by atoms with Gasteiger partial charge in [0.05, 0.1) is 17.5 Å². The maximum Gasteiger partial charge on any atom is 0.140 e. The van der Waals surface area contributed by atoms with Gasteiger partial charge >= 0.3 is 0 Å². The fraction of sp³-hybridized carbons (Fsp3) is 0.273. The molecule has 0 bridgehead atoms. The van der Waals surface area contributed by atoms with Gasteiger partial charge < -0.3 is 10.1 Å². The fourth-order valence-electron chi connectivity index (χ4n) is 1.47. The highest BCUT2D eigenvalue weighted by Gasteiger charge is 2.07. The van der Waals surface area contributed by atoms with E-state index in [1.165, 1.54) is 12.4 Å². The summed E-state index contributed by atoms with van der Waals surface area (Å²) in [4.78, 5) is 8.03. The Balaban J connectivity index is 2.37. The zero-order valence-electron chi connectivity index (χ0n) is 8.90. The van der Waals surface area contributed by atoms with Crippen LogP contribution in [0, 0.1) is 5.82 Å². The van der Waals surface area contributed by atoms with Crippen molar-refractivity contribution < 1.29 is 9.13 Å². The molecule has 1 aromatic carbocycles. The Morgan fingerprint density at radius 2 is 2.25 bits per heavy atom. The number of anilines is 1. The van der Waals surface area contributed by atoms with E-state index in [2.05, 4.69) is 15.3 Å². The Kier molecular flexibility index (Phi) is 3.26. The lowest BCUT2D eigenvalue weighted by Crippen LogP contribution is -2.09. The van der Waals surface area contributed by atoms with Gasteiger partial charge in [-0.25, -0.2) is 14.4 Å². The lowest BCUT2D eigenvalue weighted by atomic mass is 10.2. The highest BCUT2D eigenvalue weighted by molar-refractivity contribution is 5.89. The standard InChI is InChI=1S/C11H12FN3O/c1-16-6-5-13-11-10-8(12)3-2-4-9(10)14-7-15-11/h2-4,7H,5-6H2,1H3,(H,13,14,15). The number of hydrogen-bond donors (Lipinski definition) is 1. The number of halogens is 1. The lowest BCUT2D eigenvalue weighted by Gasteiger charge is -2.07. The predicted molar refractivity (Wildman–Crippen MR) is 59.9 cm³/mol. The number of aromatic nitrogens is 2. The van der Waals surface area contributed by atoms with Crippen molar-refractivity contribution in [2.45, 2.75) is 0 Å². The molecule has 2 rings (SSSR count). The van der Waals surface area contributed by atoms with E-state index in [4.69, 9.17) is 4.74 Å². The van der Waals surface area contributed by atoms with Crippen molar-refractivity contribution in [2.75, 3.05) is 25.6 Å². The molecule has 4 nitrogen and oxygen atoms in total. The minimum atomic E-state index is -0.321. The monoisotopic (exact) mass is 221 g/mol. The number of rotatable bonds is 4. The third kappa shape index (κ3) is 2.09. The van der Waals surface area contributed by atoms with Gasteiger partial charge in [-0.3, -0.25) is 0 Å². The van der Waals surface area contributed by atoms with Crippen LogP contribution in [0.3, 0.4) is 0 Å². The molecule has 1 heterocycles. The molecule has 0 atom stereocenters. The normalized spacial score (nSPS) is 10.6. The number of nitrogens with zero attached hydrogens (tertiary/aromatic N) is 2. The second-order valence-corrected chi connectivity index (χ2v) is 3.28. The zero-order valence-corrected chi connectivity index (χ0v) is 8.90. The third-order valence-electron chi connectivity index (χ3n) is 2.21. The van der Waals surface area contributed by atoms with Crippen LogP contribution in [-0.4, -0.2) is 30.2 Å². The number of benzene rings is 1. The van der Waals surface area contributed by atoms with Crippen molar-refractivity contribution >= 4 is 16.7 Å². The van der Waals surface area contributed by atoms with Crippen LogP contribution < -0.4 is 5.32 Å². The van der Waals surface area contributed by atoms with E-state index in [1.807, 2.05) is 0 Å². The van der Waals surface area contributed by atoms with Crippen LogP contribution >= 0.6 is 0 Å². The van der Waals surface area contributed by atoms with Crippen LogP contribution in [0.4, 0.5) is 10.2 Å². The summed E-state index contributed by atoms with van der Waals surface area (Å²) in [6.07, 6.45) is 1.41. The molecule has 0 aliphatic heterocycles. The first-order chi connectivity index (χ1) is 7.83. The minimum absolute atomic E-state index is 0.321. The Bertz CT molecular complexity index is 484. The summed E-state index contributed by atoms with van der Waals surface area (Å²) >= 11 is 0. The first-order valence-corrected chi connectivity index (χ1v) is 4.95. The highest BCUT2D eigenvalue weighted by Crippen LogP contribution is 2.21. The predicted octanol–water partition coefficient (Wildman–Crippen LogP) is 1.83. The van der Waals surface area contributed by atoms with Crippen LogP contribution in [0.15, 0.2) is 24.5 Å². The Labute approximate surface area is 92.5 Å². The summed E-state index contributed by atoms with van der Waals surface area (Å²) in [6.45, 7) is 1.12. The second kappa shape index (κ2) is 4.85. The average molecular weight is 221 g/mol. The van der Waals surface area contributed by atoms with E-state index < -0.39 is 0 Å². The maximum atomic E-state index is 13.6. The molecule has 0 saturated heterocycles. The van der Waals surface area contributed by atoms with Crippen molar-refractivity contribution in [1.29, 1.82) is 0 Å². The van der Waals surface area contributed by atoms with Crippen LogP contribution in [0.25, 0.3) is 10.9 Å². The fourth-order valence-corrected chi connectivity index (χ4v) is 1.47. The molecule has 16 heavy (non-hydrogen) atoms. The molecule has 2 aromatic rings. The summed E-state index contributed by atoms with van der Waals surface area (Å²) in [5, 5.41) is 3.43. The first kappa shape index (κ1) is 10.8. The van der Waals surface area contributed by atoms with Crippen molar-refractivity contribution in [2.24, 2.45) is 0 Å². The highest BCUT2D eigenvalue weighted by atomic mass is 19.1. The molecular formula is C11H12FN3O. The van der Waals surface area contributed by atoms with Crippen molar-refractivity contribution in [3.05, 3.63) is 30.3 Å². The molecule has 0 aliphatic carbocycles. The molecule has 0 aliphatic rings. The molecule has 1 aromatic heterocycles. The van der Waals surface area contributed by atoms with Gasteiger partial charge in [-0.2, -0.15) is 0 Å². The average Bonchev–Trinajstić information content (AvgIpc) is 2.30. The molecule has 0 fully saturated rings. The molecule has 0 spiro atoms. The number of ether oxygens (including phenoxy) is 1.